The molecule has 1 saturated heterocycles. The van der Waals surface area contributed by atoms with Gasteiger partial charge in [0.2, 0.25) is 5.91 Å². The molecule has 7 heteroatoms. The molecule has 0 spiro atoms. The summed E-state index contributed by atoms with van der Waals surface area (Å²) in [6.07, 6.45) is 15.4. The first-order chi connectivity index (χ1) is 24.3. The number of aliphatic carboxylic acids is 1. The number of hydrogen-bond donors (Lipinski definition) is 1. The zero-order chi connectivity index (χ0) is 37.6. The van der Waals surface area contributed by atoms with Crippen LogP contribution in [0.15, 0.2) is 0 Å². The lowest BCUT2D eigenvalue weighted by Gasteiger charge is -2.73. The maximum Gasteiger partial charge on any atom is 0.306 e. The molecule has 294 valence electrons. The van der Waals surface area contributed by atoms with Gasteiger partial charge in [0, 0.05) is 44.1 Å². The second kappa shape index (κ2) is 13.2. The van der Waals surface area contributed by atoms with Crippen LogP contribution >= 0.6 is 0 Å². The van der Waals surface area contributed by atoms with Gasteiger partial charge in [0.15, 0.2) is 0 Å². The molecule has 0 radical (unpaired) electrons. The number of rotatable bonds is 9. The molecule has 7 rings (SSSR count). The van der Waals surface area contributed by atoms with Crippen LogP contribution in [0.25, 0.3) is 0 Å². The number of ether oxygens (including phenoxy) is 1. The molecule has 0 aromatic heterocycles. The van der Waals surface area contributed by atoms with E-state index in [1.165, 1.54) is 64.2 Å². The summed E-state index contributed by atoms with van der Waals surface area (Å²) in [5.74, 6) is 3.13. The van der Waals surface area contributed by atoms with E-state index in [9.17, 15) is 19.5 Å². The van der Waals surface area contributed by atoms with Gasteiger partial charge in [-0.2, -0.15) is 0 Å². The quantitative estimate of drug-likeness (QED) is 0.239. The lowest BCUT2D eigenvalue weighted by molar-refractivity contribution is -0.252. The van der Waals surface area contributed by atoms with E-state index in [2.05, 4.69) is 58.3 Å². The van der Waals surface area contributed by atoms with Gasteiger partial charge in [-0.05, 0) is 140 Å². The number of fused-ring (bicyclic) bond motifs is 7. The van der Waals surface area contributed by atoms with Crippen LogP contribution < -0.4 is 0 Å². The number of carboxylic acids is 1. The van der Waals surface area contributed by atoms with E-state index in [1.807, 2.05) is 13.8 Å². The number of amides is 1. The summed E-state index contributed by atoms with van der Waals surface area (Å²) >= 11 is 0. The minimum absolute atomic E-state index is 0.0370. The zero-order valence-electron chi connectivity index (χ0n) is 34.5. The fourth-order valence-electron chi connectivity index (χ4n) is 15.3. The first-order valence-corrected chi connectivity index (χ1v) is 21.7. The SMILES string of the molecule is CC(C)C1CC[C@]2(CC(=O)N3CCN(C4CC4)CC3)CC[C@]3(C)[C@H](CC[C@@H]4[C@@]5(C)CC[C@H](OC(=O)CC(C)(C)CC(=O)O)C(C)(C)[C@@H]5CC[C@]43C)[C@@H]12. The number of hydrogen-bond acceptors (Lipinski definition) is 5. The van der Waals surface area contributed by atoms with Crippen LogP contribution in [0.4, 0.5) is 0 Å². The fourth-order valence-corrected chi connectivity index (χ4v) is 15.3. The molecule has 1 N–H and O–H groups in total. The maximum atomic E-state index is 14.2. The van der Waals surface area contributed by atoms with Crippen molar-refractivity contribution >= 4 is 17.8 Å². The Morgan fingerprint density at radius 3 is 2.10 bits per heavy atom. The molecule has 7 fully saturated rings. The van der Waals surface area contributed by atoms with E-state index < -0.39 is 11.4 Å². The average Bonchev–Trinajstić information content (AvgIpc) is 3.82. The Labute approximate surface area is 316 Å². The number of nitrogens with zero attached hydrogens (tertiary/aromatic N) is 2. The van der Waals surface area contributed by atoms with Crippen molar-refractivity contribution in [1.82, 2.24) is 9.80 Å². The molecule has 6 saturated carbocycles. The van der Waals surface area contributed by atoms with Crippen molar-refractivity contribution in [2.45, 2.75) is 171 Å². The second-order valence-electron chi connectivity index (χ2n) is 22.1. The largest absolute Gasteiger partial charge is 0.481 e. The molecule has 7 aliphatic rings. The minimum atomic E-state index is -0.873. The number of esters is 1. The number of carbonyl (C=O) groups is 3. The van der Waals surface area contributed by atoms with Crippen LogP contribution in [0.2, 0.25) is 0 Å². The van der Waals surface area contributed by atoms with E-state index in [-0.39, 0.29) is 52.0 Å². The lowest BCUT2D eigenvalue weighted by atomic mass is 9.32. The third-order valence-electron chi connectivity index (χ3n) is 18.2. The Morgan fingerprint density at radius 2 is 1.46 bits per heavy atom. The summed E-state index contributed by atoms with van der Waals surface area (Å²) in [5.41, 5.74) is 0.103. The molecule has 1 heterocycles. The lowest BCUT2D eigenvalue weighted by Crippen LogP contribution is -2.67. The van der Waals surface area contributed by atoms with Crippen LogP contribution in [-0.4, -0.2) is 71.1 Å². The molecular formula is C45H74N2O5. The van der Waals surface area contributed by atoms with E-state index >= 15 is 0 Å². The van der Waals surface area contributed by atoms with Gasteiger partial charge in [0.1, 0.15) is 6.10 Å². The Morgan fingerprint density at radius 1 is 0.769 bits per heavy atom. The van der Waals surface area contributed by atoms with Gasteiger partial charge < -0.3 is 14.7 Å². The summed E-state index contributed by atoms with van der Waals surface area (Å²) in [7, 11) is 0. The Bertz CT molecular complexity index is 1400. The van der Waals surface area contributed by atoms with Gasteiger partial charge in [0.05, 0.1) is 12.8 Å². The van der Waals surface area contributed by atoms with Crippen molar-refractivity contribution in [3.63, 3.8) is 0 Å². The monoisotopic (exact) mass is 723 g/mol. The van der Waals surface area contributed by atoms with E-state index in [4.69, 9.17) is 4.74 Å². The summed E-state index contributed by atoms with van der Waals surface area (Å²) in [5, 5.41) is 9.36. The Balaban J connectivity index is 1.09. The van der Waals surface area contributed by atoms with Gasteiger partial charge in [-0.25, -0.2) is 0 Å². The smallest absolute Gasteiger partial charge is 0.306 e. The van der Waals surface area contributed by atoms with Crippen LogP contribution in [0, 0.1) is 68.0 Å². The van der Waals surface area contributed by atoms with E-state index in [0.717, 1.165) is 51.5 Å². The summed E-state index contributed by atoms with van der Waals surface area (Å²) in [6.45, 7) is 25.3. The molecule has 6 aliphatic carbocycles. The summed E-state index contributed by atoms with van der Waals surface area (Å²) < 4.78 is 6.31. The first-order valence-electron chi connectivity index (χ1n) is 21.7. The molecule has 10 atom stereocenters. The van der Waals surface area contributed by atoms with Crippen LogP contribution in [0.3, 0.4) is 0 Å². The standard InChI is InChI=1S/C45H74N2O5/c1-29(2)31-14-19-45(26-36(48)47-24-22-46(23-25-47)30-10-11-30)21-20-43(8)32(39(31)45)12-13-34-42(7)17-16-35(41(5,6)33(42)15-18-44(34,43)9)52-38(51)28-40(3,4)27-37(49)50/h29-35,39H,10-28H2,1-9H3,(H,49,50)/t31?,32-,33+,34-,35+,39-,42+,43-,44-,45-/m1/s1. The van der Waals surface area contributed by atoms with E-state index in [0.29, 0.717) is 41.4 Å². The van der Waals surface area contributed by atoms with Gasteiger partial charge in [0.25, 0.3) is 0 Å². The maximum absolute atomic E-state index is 14.2. The molecule has 0 bridgehead atoms. The van der Waals surface area contributed by atoms with Gasteiger partial charge in [-0.1, -0.05) is 62.3 Å². The first kappa shape index (κ1) is 38.6. The second-order valence-corrected chi connectivity index (χ2v) is 22.1. The number of carboxylic acid groups (broad SMARTS) is 1. The van der Waals surface area contributed by atoms with Gasteiger partial charge >= 0.3 is 11.9 Å². The third kappa shape index (κ3) is 6.29. The Kier molecular flexibility index (Phi) is 9.84. The highest BCUT2D eigenvalue weighted by molar-refractivity contribution is 5.77. The molecular weight excluding hydrogens is 649 g/mol. The Hall–Kier alpha value is -1.63. The van der Waals surface area contributed by atoms with Crippen LogP contribution in [0.5, 0.6) is 0 Å². The topological polar surface area (TPSA) is 87.2 Å². The number of carbonyl (C=O) groups excluding carboxylic acids is 2. The third-order valence-corrected chi connectivity index (χ3v) is 18.2. The van der Waals surface area contributed by atoms with Crippen LogP contribution in [-0.2, 0) is 19.1 Å². The predicted molar refractivity (Wildman–Crippen MR) is 205 cm³/mol. The predicted octanol–water partition coefficient (Wildman–Crippen LogP) is 9.22. The van der Waals surface area contributed by atoms with Gasteiger partial charge in [-0.3, -0.25) is 19.3 Å². The highest BCUT2D eigenvalue weighted by Crippen LogP contribution is 2.78. The number of piperazine rings is 1. The molecule has 0 aromatic rings. The average molecular weight is 723 g/mol. The van der Waals surface area contributed by atoms with Gasteiger partial charge in [-0.15, -0.1) is 0 Å². The molecule has 1 amide bonds. The summed E-state index contributed by atoms with van der Waals surface area (Å²) in [4.78, 5) is 43.8. The van der Waals surface area contributed by atoms with Crippen molar-refractivity contribution in [2.75, 3.05) is 26.2 Å². The molecule has 1 aliphatic heterocycles. The summed E-state index contributed by atoms with van der Waals surface area (Å²) in [6, 6.07) is 0.792. The molecule has 0 aromatic carbocycles. The molecule has 7 nitrogen and oxygen atoms in total. The highest BCUT2D eigenvalue weighted by atomic mass is 16.5. The minimum Gasteiger partial charge on any atom is -0.481 e. The zero-order valence-corrected chi connectivity index (χ0v) is 34.5. The van der Waals surface area contributed by atoms with Crippen molar-refractivity contribution in [2.24, 2.45) is 68.0 Å². The van der Waals surface area contributed by atoms with Crippen molar-refractivity contribution in [3.05, 3.63) is 0 Å². The van der Waals surface area contributed by atoms with Crippen molar-refractivity contribution < 1.29 is 24.2 Å². The molecule has 52 heavy (non-hydrogen) atoms. The normalized spacial score (nSPS) is 43.2. The van der Waals surface area contributed by atoms with Crippen molar-refractivity contribution in [1.29, 1.82) is 0 Å². The molecule has 1 unspecified atom stereocenters. The van der Waals surface area contributed by atoms with Crippen molar-refractivity contribution in [3.8, 4) is 0 Å². The fraction of sp³-hybridized carbons (Fsp3) is 0.933. The highest BCUT2D eigenvalue weighted by Gasteiger charge is 2.71. The van der Waals surface area contributed by atoms with E-state index in [1.54, 1.807) is 0 Å². The van der Waals surface area contributed by atoms with Crippen LogP contribution in [0.1, 0.15) is 159 Å².